The van der Waals surface area contributed by atoms with Gasteiger partial charge in [-0.2, -0.15) is 5.10 Å². The summed E-state index contributed by atoms with van der Waals surface area (Å²) in [6.45, 7) is 5.70. The van der Waals surface area contributed by atoms with Gasteiger partial charge < -0.3 is 25.4 Å². The molecule has 1 aliphatic heterocycles. The highest BCUT2D eigenvalue weighted by Gasteiger charge is 2.21. The molecule has 4 N–H and O–H groups in total. The lowest BCUT2D eigenvalue weighted by molar-refractivity contribution is -0.655. The summed E-state index contributed by atoms with van der Waals surface area (Å²) in [7, 11) is 1.74. The van der Waals surface area contributed by atoms with E-state index in [9.17, 15) is 9.59 Å². The van der Waals surface area contributed by atoms with Gasteiger partial charge in [0.1, 0.15) is 23.8 Å². The van der Waals surface area contributed by atoms with Crippen molar-refractivity contribution in [3.05, 3.63) is 53.6 Å². The Morgan fingerprint density at radius 1 is 1.20 bits per heavy atom. The Hall–Kier alpha value is -3.99. The predicted octanol–water partition coefficient (Wildman–Crippen LogP) is 0.00482. The van der Waals surface area contributed by atoms with Gasteiger partial charge in [-0.25, -0.2) is 4.98 Å². The third-order valence-electron chi connectivity index (χ3n) is 6.00. The molecule has 0 radical (unpaired) electrons. The van der Waals surface area contributed by atoms with Crippen LogP contribution in [0.25, 0.3) is 11.3 Å². The first kappa shape index (κ1) is 24.1. The van der Waals surface area contributed by atoms with E-state index in [4.69, 9.17) is 9.84 Å². The third kappa shape index (κ3) is 5.75. The molecule has 184 valence electrons. The number of aryl methyl sites for hydroxylation is 1. The minimum Gasteiger partial charge on any atom is -0.491 e. The fourth-order valence-corrected chi connectivity index (χ4v) is 4.08. The first-order chi connectivity index (χ1) is 16.9. The lowest BCUT2D eigenvalue weighted by Gasteiger charge is -2.26. The zero-order valence-electron chi connectivity index (χ0n) is 19.9. The normalized spacial score (nSPS) is 13.5. The highest BCUT2D eigenvalue weighted by Crippen LogP contribution is 2.29. The SMILES string of the molecule is Cc1c(CCOc2cccnc2-c2ccnc(N3CC[NH2+]CC3)c2)c(C(=O)NCC(=O)O)nn1C. The predicted molar refractivity (Wildman–Crippen MR) is 128 cm³/mol. The quantitative estimate of drug-likeness (QED) is 0.389. The molecule has 0 atom stereocenters. The lowest BCUT2D eigenvalue weighted by Crippen LogP contribution is -2.89. The van der Waals surface area contributed by atoms with Crippen LogP contribution in [0.1, 0.15) is 21.7 Å². The van der Waals surface area contributed by atoms with Gasteiger partial charge in [-0.15, -0.1) is 0 Å². The van der Waals surface area contributed by atoms with E-state index >= 15 is 0 Å². The summed E-state index contributed by atoms with van der Waals surface area (Å²) in [5.41, 5.74) is 3.39. The number of pyridine rings is 2. The molecule has 11 heteroatoms. The van der Waals surface area contributed by atoms with Crippen LogP contribution in [0, 0.1) is 6.92 Å². The van der Waals surface area contributed by atoms with Crippen molar-refractivity contribution in [3.63, 3.8) is 0 Å². The summed E-state index contributed by atoms with van der Waals surface area (Å²) >= 11 is 0. The summed E-state index contributed by atoms with van der Waals surface area (Å²) in [5.74, 6) is -0.0732. The molecule has 11 nitrogen and oxygen atoms in total. The number of nitrogens with zero attached hydrogens (tertiary/aromatic N) is 5. The maximum absolute atomic E-state index is 12.5. The number of carboxylic acids is 1. The number of nitrogens with one attached hydrogen (secondary N) is 1. The minimum absolute atomic E-state index is 0.207. The van der Waals surface area contributed by atoms with Crippen LogP contribution in [0.5, 0.6) is 5.75 Å². The van der Waals surface area contributed by atoms with Crippen LogP contribution in [0.15, 0.2) is 36.7 Å². The van der Waals surface area contributed by atoms with Gasteiger partial charge in [0.25, 0.3) is 5.91 Å². The van der Waals surface area contributed by atoms with Crippen LogP contribution in [-0.4, -0.2) is 76.1 Å². The molecule has 1 fully saturated rings. The van der Waals surface area contributed by atoms with Crippen LogP contribution in [-0.2, 0) is 18.3 Å². The second kappa shape index (κ2) is 11.0. The van der Waals surface area contributed by atoms with Crippen LogP contribution >= 0.6 is 0 Å². The van der Waals surface area contributed by atoms with Gasteiger partial charge in [-0.1, -0.05) is 0 Å². The number of anilines is 1. The Kier molecular flexibility index (Phi) is 7.56. The van der Waals surface area contributed by atoms with Crippen molar-refractivity contribution in [2.24, 2.45) is 7.05 Å². The van der Waals surface area contributed by atoms with E-state index in [1.165, 1.54) is 0 Å². The summed E-state index contributed by atoms with van der Waals surface area (Å²) in [5, 5.41) is 17.8. The van der Waals surface area contributed by atoms with Crippen molar-refractivity contribution in [2.45, 2.75) is 13.3 Å². The molecule has 0 bridgehead atoms. The zero-order chi connectivity index (χ0) is 24.8. The largest absolute Gasteiger partial charge is 0.491 e. The third-order valence-corrected chi connectivity index (χ3v) is 6.00. The van der Waals surface area contributed by atoms with E-state index in [0.29, 0.717) is 24.3 Å². The monoisotopic (exact) mass is 480 g/mol. The standard InChI is InChI=1S/C24H29N7O4/c1-16-18(23(29-30(16)2)24(34)28-15-21(32)33)6-13-35-19-4-3-7-27-22(19)17-5-8-26-20(14-17)31-11-9-25-10-12-31/h3-5,7-8,14,25H,6,9-13,15H2,1-2H3,(H,28,34)(H,32,33)/p+1. The molecule has 0 unspecified atom stereocenters. The fourth-order valence-electron chi connectivity index (χ4n) is 4.08. The average Bonchev–Trinajstić information content (AvgIpc) is 3.17. The smallest absolute Gasteiger partial charge is 0.322 e. The molecule has 35 heavy (non-hydrogen) atoms. The Morgan fingerprint density at radius 2 is 2.00 bits per heavy atom. The Labute approximate surface area is 203 Å². The second-order valence-corrected chi connectivity index (χ2v) is 8.32. The van der Waals surface area contributed by atoms with Gasteiger partial charge >= 0.3 is 5.97 Å². The number of rotatable bonds is 9. The van der Waals surface area contributed by atoms with E-state index in [0.717, 1.165) is 48.9 Å². The van der Waals surface area contributed by atoms with Crippen molar-refractivity contribution in [3.8, 4) is 17.0 Å². The number of carbonyl (C=O) groups is 2. The maximum atomic E-state index is 12.5. The molecule has 1 amide bonds. The molecule has 4 heterocycles. The highest BCUT2D eigenvalue weighted by molar-refractivity contribution is 5.95. The van der Waals surface area contributed by atoms with Crippen LogP contribution in [0.4, 0.5) is 5.82 Å². The van der Waals surface area contributed by atoms with Crippen LogP contribution < -0.4 is 20.3 Å². The molecule has 0 spiro atoms. The van der Waals surface area contributed by atoms with Crippen LogP contribution in [0.3, 0.4) is 0 Å². The molecular weight excluding hydrogens is 450 g/mol. The van der Waals surface area contributed by atoms with Crippen molar-refractivity contribution in [1.82, 2.24) is 25.1 Å². The van der Waals surface area contributed by atoms with E-state index in [1.54, 1.807) is 24.1 Å². The number of aliphatic carboxylic acids is 1. The number of aromatic nitrogens is 4. The number of ether oxygens (including phenoxy) is 1. The van der Waals surface area contributed by atoms with Gasteiger partial charge in [-0.05, 0) is 31.2 Å². The first-order valence-electron chi connectivity index (χ1n) is 11.6. The Balaban J connectivity index is 1.48. The summed E-state index contributed by atoms with van der Waals surface area (Å²) < 4.78 is 7.72. The maximum Gasteiger partial charge on any atom is 0.322 e. The van der Waals surface area contributed by atoms with Crippen molar-refractivity contribution < 1.29 is 24.7 Å². The number of quaternary nitrogens is 1. The van der Waals surface area contributed by atoms with Crippen molar-refractivity contribution in [2.75, 3.05) is 44.2 Å². The van der Waals surface area contributed by atoms with Gasteiger partial charge in [0.2, 0.25) is 0 Å². The van der Waals surface area contributed by atoms with Gasteiger partial charge in [0.15, 0.2) is 5.69 Å². The van der Waals surface area contributed by atoms with Crippen molar-refractivity contribution in [1.29, 1.82) is 0 Å². The number of hydrogen-bond acceptors (Lipinski definition) is 7. The van der Waals surface area contributed by atoms with E-state index in [1.807, 2.05) is 31.2 Å². The van der Waals surface area contributed by atoms with Gasteiger partial charge in [0.05, 0.1) is 32.8 Å². The summed E-state index contributed by atoms with van der Waals surface area (Å²) in [6.07, 6.45) is 3.95. The highest BCUT2D eigenvalue weighted by atomic mass is 16.5. The van der Waals surface area contributed by atoms with Gasteiger partial charge in [-0.3, -0.25) is 19.3 Å². The number of hydrogen-bond donors (Lipinski definition) is 3. The number of amides is 1. The lowest BCUT2D eigenvalue weighted by atomic mass is 10.1. The van der Waals surface area contributed by atoms with E-state index in [2.05, 4.69) is 30.6 Å². The molecule has 1 saturated heterocycles. The second-order valence-electron chi connectivity index (χ2n) is 8.32. The van der Waals surface area contributed by atoms with Crippen LogP contribution in [0.2, 0.25) is 0 Å². The molecule has 0 saturated carbocycles. The first-order valence-corrected chi connectivity index (χ1v) is 11.6. The summed E-state index contributed by atoms with van der Waals surface area (Å²) in [4.78, 5) is 34.6. The Morgan fingerprint density at radius 3 is 2.77 bits per heavy atom. The fraction of sp³-hybridized carbons (Fsp3) is 0.375. The zero-order valence-corrected chi connectivity index (χ0v) is 19.9. The van der Waals surface area contributed by atoms with Gasteiger partial charge in [0, 0.05) is 42.7 Å². The van der Waals surface area contributed by atoms with E-state index in [-0.39, 0.29) is 5.69 Å². The topological polar surface area (TPSA) is 139 Å². The number of carbonyl (C=O) groups excluding carboxylic acids is 1. The molecular formula is C24H30N7O4+. The molecule has 4 rings (SSSR count). The number of nitrogens with two attached hydrogens (primary N) is 1. The molecule has 1 aliphatic rings. The average molecular weight is 481 g/mol. The molecule has 0 aliphatic carbocycles. The number of piperazine rings is 1. The molecule has 0 aromatic carbocycles. The molecule has 3 aromatic heterocycles. The van der Waals surface area contributed by atoms with E-state index < -0.39 is 18.4 Å². The number of carboxylic acid groups (broad SMARTS) is 1. The Bertz CT molecular complexity index is 1200. The minimum atomic E-state index is -1.11. The molecule has 3 aromatic rings. The summed E-state index contributed by atoms with van der Waals surface area (Å²) in [6, 6.07) is 7.65. The van der Waals surface area contributed by atoms with Crippen molar-refractivity contribution >= 4 is 17.7 Å².